The minimum absolute atomic E-state index is 0.0993. The van der Waals surface area contributed by atoms with Gasteiger partial charge in [-0.25, -0.2) is 4.98 Å². The molecule has 0 spiro atoms. The molecular formula is C11H15BrN4O2. The van der Waals surface area contributed by atoms with Gasteiger partial charge in [-0.15, -0.1) is 0 Å². The Morgan fingerprint density at radius 1 is 1.56 bits per heavy atom. The van der Waals surface area contributed by atoms with Gasteiger partial charge in [-0.3, -0.25) is 9.59 Å². The molecule has 2 amide bonds. The highest BCUT2D eigenvalue weighted by molar-refractivity contribution is 9.10. The molecule has 1 unspecified atom stereocenters. The van der Waals surface area contributed by atoms with E-state index < -0.39 is 5.91 Å². The summed E-state index contributed by atoms with van der Waals surface area (Å²) < 4.78 is 0.703. The number of halogens is 1. The zero-order valence-corrected chi connectivity index (χ0v) is 11.7. The minimum Gasteiger partial charge on any atom is -0.372 e. The first kappa shape index (κ1) is 14.4. The highest BCUT2D eigenvalue weighted by Gasteiger charge is 2.15. The van der Waals surface area contributed by atoms with Crippen LogP contribution in [0.15, 0.2) is 16.7 Å². The number of hydrogen-bond acceptors (Lipinski definition) is 4. The number of rotatable bonds is 5. The second-order valence-electron chi connectivity index (χ2n) is 3.84. The summed E-state index contributed by atoms with van der Waals surface area (Å²) in [5.74, 6) is -0.284. The summed E-state index contributed by atoms with van der Waals surface area (Å²) in [6, 6.07) is 1.34. The van der Waals surface area contributed by atoms with Gasteiger partial charge in [0.25, 0.3) is 5.91 Å². The molecule has 6 nitrogen and oxygen atoms in total. The number of aromatic nitrogens is 1. The van der Waals surface area contributed by atoms with E-state index in [-0.39, 0.29) is 18.4 Å². The van der Waals surface area contributed by atoms with Crippen molar-refractivity contribution in [3.8, 4) is 0 Å². The number of pyridine rings is 1. The van der Waals surface area contributed by atoms with Gasteiger partial charge in [-0.2, -0.15) is 0 Å². The number of carbonyl (C=O) groups excluding carboxylic acids is 2. The fourth-order valence-electron chi connectivity index (χ4n) is 1.47. The van der Waals surface area contributed by atoms with E-state index in [1.165, 1.54) is 0 Å². The predicted molar refractivity (Wildman–Crippen MR) is 72.2 cm³/mol. The number of hydrogen-bond donors (Lipinski definition) is 3. The molecule has 0 aliphatic heterocycles. The maximum absolute atomic E-state index is 12.0. The van der Waals surface area contributed by atoms with Crippen LogP contribution in [-0.4, -0.2) is 29.9 Å². The van der Waals surface area contributed by atoms with Crippen LogP contribution in [0, 0.1) is 0 Å². The molecule has 1 rings (SSSR count). The second-order valence-corrected chi connectivity index (χ2v) is 4.76. The van der Waals surface area contributed by atoms with E-state index in [2.05, 4.69) is 31.5 Å². The van der Waals surface area contributed by atoms with Gasteiger partial charge in [0.05, 0.1) is 5.56 Å². The molecule has 0 aliphatic carbocycles. The summed E-state index contributed by atoms with van der Waals surface area (Å²) >= 11 is 3.26. The number of nitrogens with zero attached hydrogens (tertiary/aromatic N) is 1. The van der Waals surface area contributed by atoms with Gasteiger partial charge in [0.2, 0.25) is 5.91 Å². The molecule has 0 saturated carbocycles. The van der Waals surface area contributed by atoms with E-state index in [4.69, 9.17) is 5.73 Å². The molecule has 0 aliphatic rings. The summed E-state index contributed by atoms with van der Waals surface area (Å²) in [4.78, 5) is 26.8. The van der Waals surface area contributed by atoms with Crippen molar-refractivity contribution in [3.63, 3.8) is 0 Å². The summed E-state index contributed by atoms with van der Waals surface area (Å²) in [6.45, 7) is 1.72. The van der Waals surface area contributed by atoms with Crippen LogP contribution in [0.4, 0.5) is 5.82 Å². The lowest BCUT2D eigenvalue weighted by molar-refractivity contribution is -0.118. The van der Waals surface area contributed by atoms with Gasteiger partial charge in [-0.05, 0) is 28.9 Å². The first-order chi connectivity index (χ1) is 8.43. The molecule has 0 saturated heterocycles. The van der Waals surface area contributed by atoms with Crippen molar-refractivity contribution in [2.75, 3.05) is 12.4 Å². The average molecular weight is 315 g/mol. The third kappa shape index (κ3) is 3.99. The van der Waals surface area contributed by atoms with E-state index in [1.54, 1.807) is 26.2 Å². The van der Waals surface area contributed by atoms with Crippen LogP contribution in [0.25, 0.3) is 0 Å². The van der Waals surface area contributed by atoms with Crippen molar-refractivity contribution in [3.05, 3.63) is 22.3 Å². The molecule has 0 radical (unpaired) electrons. The highest BCUT2D eigenvalue weighted by atomic mass is 79.9. The maximum atomic E-state index is 12.0. The Hall–Kier alpha value is -1.63. The van der Waals surface area contributed by atoms with Crippen molar-refractivity contribution in [1.82, 2.24) is 10.3 Å². The number of carbonyl (C=O) groups is 2. The van der Waals surface area contributed by atoms with E-state index in [9.17, 15) is 9.59 Å². The fourth-order valence-corrected chi connectivity index (χ4v) is 1.80. The third-order valence-corrected chi connectivity index (χ3v) is 2.65. The lowest BCUT2D eigenvalue weighted by atomic mass is 10.2. The Labute approximate surface area is 113 Å². The molecule has 0 bridgehead atoms. The van der Waals surface area contributed by atoms with Gasteiger partial charge in [-0.1, -0.05) is 0 Å². The minimum atomic E-state index is -0.455. The van der Waals surface area contributed by atoms with Gasteiger partial charge in [0.1, 0.15) is 5.82 Å². The van der Waals surface area contributed by atoms with Crippen molar-refractivity contribution in [2.45, 2.75) is 19.4 Å². The van der Waals surface area contributed by atoms with Gasteiger partial charge < -0.3 is 16.4 Å². The van der Waals surface area contributed by atoms with Gasteiger partial charge in [0, 0.05) is 30.2 Å². The van der Waals surface area contributed by atoms with Gasteiger partial charge >= 0.3 is 0 Å². The quantitative estimate of drug-likeness (QED) is 0.751. The van der Waals surface area contributed by atoms with Crippen LogP contribution >= 0.6 is 15.9 Å². The highest BCUT2D eigenvalue weighted by Crippen LogP contribution is 2.17. The number of anilines is 1. The zero-order chi connectivity index (χ0) is 13.7. The van der Waals surface area contributed by atoms with Crippen LogP contribution in [-0.2, 0) is 4.79 Å². The molecule has 1 aromatic rings. The van der Waals surface area contributed by atoms with Gasteiger partial charge in [0.15, 0.2) is 0 Å². The molecule has 18 heavy (non-hydrogen) atoms. The summed E-state index contributed by atoms with van der Waals surface area (Å²) in [5, 5.41) is 5.52. The Morgan fingerprint density at radius 2 is 2.22 bits per heavy atom. The Morgan fingerprint density at radius 3 is 2.78 bits per heavy atom. The molecule has 98 valence electrons. The summed E-state index contributed by atoms with van der Waals surface area (Å²) in [5.41, 5.74) is 5.47. The lowest BCUT2D eigenvalue weighted by Gasteiger charge is -2.14. The SMILES string of the molecule is CNc1ncc(Br)cc1C(=O)NC(C)CC(N)=O. The summed E-state index contributed by atoms with van der Waals surface area (Å²) in [6.07, 6.45) is 1.69. The smallest absolute Gasteiger partial charge is 0.255 e. The predicted octanol–water partition coefficient (Wildman–Crippen LogP) is 0.879. The third-order valence-electron chi connectivity index (χ3n) is 2.22. The first-order valence-corrected chi connectivity index (χ1v) is 6.15. The molecule has 0 fully saturated rings. The molecule has 4 N–H and O–H groups in total. The molecule has 1 heterocycles. The molecule has 1 aromatic heterocycles. The monoisotopic (exact) mass is 314 g/mol. The van der Waals surface area contributed by atoms with E-state index in [0.717, 1.165) is 0 Å². The molecule has 1 atom stereocenters. The molecule has 0 aromatic carbocycles. The number of nitrogens with one attached hydrogen (secondary N) is 2. The van der Waals surface area contributed by atoms with Crippen molar-refractivity contribution < 1.29 is 9.59 Å². The Balaban J connectivity index is 2.83. The average Bonchev–Trinajstić information content (AvgIpc) is 2.27. The molecular weight excluding hydrogens is 300 g/mol. The second kappa shape index (κ2) is 6.34. The van der Waals surface area contributed by atoms with E-state index >= 15 is 0 Å². The standard InChI is InChI=1S/C11H15BrN4O2/c1-6(3-9(13)17)16-11(18)8-4-7(12)5-15-10(8)14-2/h4-6H,3H2,1-2H3,(H2,13,17)(H,14,15)(H,16,18). The van der Waals surface area contributed by atoms with E-state index in [1.807, 2.05) is 0 Å². The zero-order valence-electron chi connectivity index (χ0n) is 10.2. The first-order valence-electron chi connectivity index (χ1n) is 5.36. The molecule has 7 heteroatoms. The maximum Gasteiger partial charge on any atom is 0.255 e. The van der Waals surface area contributed by atoms with Crippen molar-refractivity contribution in [2.24, 2.45) is 5.73 Å². The normalized spacial score (nSPS) is 11.7. The topological polar surface area (TPSA) is 97.1 Å². The van der Waals surface area contributed by atoms with Crippen molar-refractivity contribution >= 4 is 33.6 Å². The Bertz CT molecular complexity index is 464. The number of nitrogens with two attached hydrogens (primary N) is 1. The van der Waals surface area contributed by atoms with Crippen LogP contribution in [0.5, 0.6) is 0 Å². The van der Waals surface area contributed by atoms with Crippen LogP contribution in [0.2, 0.25) is 0 Å². The van der Waals surface area contributed by atoms with Crippen LogP contribution < -0.4 is 16.4 Å². The number of primary amides is 1. The van der Waals surface area contributed by atoms with Crippen molar-refractivity contribution in [1.29, 1.82) is 0 Å². The fraction of sp³-hybridized carbons (Fsp3) is 0.364. The Kier molecular flexibility index (Phi) is 5.08. The van der Waals surface area contributed by atoms with Crippen LogP contribution in [0.1, 0.15) is 23.7 Å². The largest absolute Gasteiger partial charge is 0.372 e. The number of amides is 2. The summed E-state index contributed by atoms with van der Waals surface area (Å²) in [7, 11) is 1.68. The lowest BCUT2D eigenvalue weighted by Crippen LogP contribution is -2.36. The van der Waals surface area contributed by atoms with Crippen LogP contribution in [0.3, 0.4) is 0 Å². The van der Waals surface area contributed by atoms with E-state index in [0.29, 0.717) is 15.9 Å².